The lowest BCUT2D eigenvalue weighted by molar-refractivity contribution is -0.115. The summed E-state index contributed by atoms with van der Waals surface area (Å²) in [6, 6.07) is 4.97. The first-order chi connectivity index (χ1) is 10.5. The molecule has 0 unspecified atom stereocenters. The van der Waals surface area contributed by atoms with Gasteiger partial charge >= 0.3 is 0 Å². The summed E-state index contributed by atoms with van der Waals surface area (Å²) in [5.74, 6) is -0.418. The fourth-order valence-corrected chi connectivity index (χ4v) is 3.51. The Hall–Kier alpha value is -1.54. The van der Waals surface area contributed by atoms with Crippen molar-refractivity contribution in [3.63, 3.8) is 0 Å². The normalized spacial score (nSPS) is 26.9. The number of aliphatic hydroxyl groups excluding tert-OH is 1. The summed E-state index contributed by atoms with van der Waals surface area (Å²) >= 11 is 7.14. The molecular formula is C14H14ClN3O3S. The monoisotopic (exact) mass is 339 g/mol. The van der Waals surface area contributed by atoms with Gasteiger partial charge in [-0.3, -0.25) is 14.9 Å². The Morgan fingerprint density at radius 1 is 1.41 bits per heavy atom. The minimum absolute atomic E-state index is 0.317. The average molecular weight is 340 g/mol. The molecule has 22 heavy (non-hydrogen) atoms. The van der Waals surface area contributed by atoms with E-state index in [1.165, 1.54) is 0 Å². The van der Waals surface area contributed by atoms with Gasteiger partial charge in [0.1, 0.15) is 0 Å². The van der Waals surface area contributed by atoms with E-state index in [1.807, 2.05) is 4.90 Å². The van der Waals surface area contributed by atoms with Crippen LogP contribution in [0.3, 0.4) is 0 Å². The molecule has 0 radical (unpaired) electrons. The molecule has 2 saturated heterocycles. The van der Waals surface area contributed by atoms with E-state index >= 15 is 0 Å². The van der Waals surface area contributed by atoms with Crippen LogP contribution < -0.4 is 16.0 Å². The minimum Gasteiger partial charge on any atom is -0.390 e. The molecule has 2 aliphatic heterocycles. The molecule has 0 bridgehead atoms. The Morgan fingerprint density at radius 2 is 2.18 bits per heavy atom. The first kappa shape index (κ1) is 15.4. The molecule has 8 heteroatoms. The molecule has 4 N–H and O–H groups in total. The lowest BCUT2D eigenvalue weighted by Gasteiger charge is -2.22. The van der Waals surface area contributed by atoms with Crippen molar-refractivity contribution in [2.75, 3.05) is 18.0 Å². The number of amides is 2. The van der Waals surface area contributed by atoms with Crippen LogP contribution in [0, 0.1) is 0 Å². The van der Waals surface area contributed by atoms with Crippen molar-refractivity contribution in [3.05, 3.63) is 33.7 Å². The Morgan fingerprint density at radius 3 is 2.77 bits per heavy atom. The van der Waals surface area contributed by atoms with Gasteiger partial charge in [0.15, 0.2) is 0 Å². The third-order valence-electron chi connectivity index (χ3n) is 3.60. The number of β-amino-alcohol motifs (C(OH)–C–C–N with tert-alkyl or cyclic N) is 1. The Kier molecular flexibility index (Phi) is 4.14. The molecule has 0 aliphatic carbocycles. The number of halogens is 1. The molecule has 2 atom stereocenters. The number of nitrogens with two attached hydrogens (primary N) is 1. The molecule has 0 aromatic heterocycles. The minimum atomic E-state index is -0.623. The summed E-state index contributed by atoms with van der Waals surface area (Å²) in [7, 11) is 0. The lowest BCUT2D eigenvalue weighted by Crippen LogP contribution is -2.32. The molecular weight excluding hydrogens is 326 g/mol. The molecule has 6 nitrogen and oxygen atoms in total. The summed E-state index contributed by atoms with van der Waals surface area (Å²) in [6.45, 7) is 0.846. The largest absolute Gasteiger partial charge is 0.390 e. The number of nitrogens with zero attached hydrogens (tertiary/aromatic N) is 1. The van der Waals surface area contributed by atoms with Crippen LogP contribution in [-0.2, 0) is 4.79 Å². The number of hydrogen-bond donors (Lipinski definition) is 3. The standard InChI is InChI=1S/C14H14ClN3O3S/c15-8-3-1-2-7(4-11-13(20)17-14(21)22-11)12(8)18-5-9(16)10(19)6-18/h1-4,9-10,19H,5-6,16H2,(H,17,20,21)/b11-4-/t9-,10-/m0/s1. The van der Waals surface area contributed by atoms with Crippen LogP contribution in [0.5, 0.6) is 0 Å². The molecule has 1 aromatic rings. The average Bonchev–Trinajstić information content (AvgIpc) is 2.93. The number of carbonyl (C=O) groups is 2. The lowest BCUT2D eigenvalue weighted by atomic mass is 10.1. The first-order valence-corrected chi connectivity index (χ1v) is 7.87. The zero-order valence-electron chi connectivity index (χ0n) is 11.5. The van der Waals surface area contributed by atoms with Crippen molar-refractivity contribution in [2.24, 2.45) is 5.73 Å². The van der Waals surface area contributed by atoms with E-state index in [-0.39, 0.29) is 6.04 Å². The first-order valence-electron chi connectivity index (χ1n) is 6.67. The number of carbonyl (C=O) groups excluding carboxylic acids is 2. The van der Waals surface area contributed by atoms with Crippen LogP contribution in [0.1, 0.15) is 5.56 Å². The van der Waals surface area contributed by atoms with Gasteiger partial charge in [-0.15, -0.1) is 0 Å². The second-order valence-corrected chi connectivity index (χ2v) is 6.59. The van der Waals surface area contributed by atoms with Crippen molar-refractivity contribution in [1.82, 2.24) is 5.32 Å². The van der Waals surface area contributed by atoms with Gasteiger partial charge in [0.2, 0.25) is 0 Å². The third kappa shape index (κ3) is 2.85. The fourth-order valence-electron chi connectivity index (χ4n) is 2.54. The zero-order valence-corrected chi connectivity index (χ0v) is 13.0. The van der Waals surface area contributed by atoms with Gasteiger partial charge in [0.25, 0.3) is 11.1 Å². The van der Waals surface area contributed by atoms with E-state index in [1.54, 1.807) is 24.3 Å². The van der Waals surface area contributed by atoms with Crippen LogP contribution in [0.2, 0.25) is 5.02 Å². The van der Waals surface area contributed by atoms with Gasteiger partial charge in [-0.25, -0.2) is 0 Å². The Balaban J connectivity index is 1.99. The van der Waals surface area contributed by atoms with E-state index in [0.717, 1.165) is 11.8 Å². The predicted molar refractivity (Wildman–Crippen MR) is 86.8 cm³/mol. The van der Waals surface area contributed by atoms with Crippen molar-refractivity contribution in [3.8, 4) is 0 Å². The van der Waals surface area contributed by atoms with Gasteiger partial charge in [-0.1, -0.05) is 23.7 Å². The summed E-state index contributed by atoms with van der Waals surface area (Å²) < 4.78 is 0. The second kappa shape index (κ2) is 5.92. The van der Waals surface area contributed by atoms with E-state index in [0.29, 0.717) is 34.3 Å². The van der Waals surface area contributed by atoms with Gasteiger partial charge in [-0.05, 0) is 23.9 Å². The molecule has 0 saturated carbocycles. The van der Waals surface area contributed by atoms with Crippen LogP contribution in [-0.4, -0.2) is 41.5 Å². The quantitative estimate of drug-likeness (QED) is 0.700. The number of aliphatic hydroxyl groups is 1. The topological polar surface area (TPSA) is 95.7 Å². The summed E-state index contributed by atoms with van der Waals surface area (Å²) in [5, 5.41) is 12.2. The molecule has 2 aliphatic rings. The van der Waals surface area contributed by atoms with E-state index in [4.69, 9.17) is 17.3 Å². The number of thioether (sulfide) groups is 1. The summed E-state index contributed by atoms with van der Waals surface area (Å²) in [4.78, 5) is 25.1. The van der Waals surface area contributed by atoms with E-state index in [2.05, 4.69) is 5.32 Å². The summed E-state index contributed by atoms with van der Waals surface area (Å²) in [5.41, 5.74) is 7.26. The molecule has 2 fully saturated rings. The van der Waals surface area contributed by atoms with Crippen molar-refractivity contribution in [1.29, 1.82) is 0 Å². The molecule has 1 aromatic carbocycles. The number of para-hydroxylation sites is 1. The maximum Gasteiger partial charge on any atom is 0.290 e. The fraction of sp³-hybridized carbons (Fsp3) is 0.286. The number of anilines is 1. The zero-order chi connectivity index (χ0) is 15.9. The number of nitrogens with one attached hydrogen (secondary N) is 1. The Bertz CT molecular complexity index is 669. The number of hydrogen-bond acceptors (Lipinski definition) is 6. The maximum absolute atomic E-state index is 11.7. The number of benzene rings is 1. The highest BCUT2D eigenvalue weighted by Crippen LogP contribution is 2.35. The Labute approximate surface area is 136 Å². The highest BCUT2D eigenvalue weighted by atomic mass is 35.5. The van der Waals surface area contributed by atoms with Gasteiger partial charge < -0.3 is 15.7 Å². The van der Waals surface area contributed by atoms with Crippen LogP contribution in [0.25, 0.3) is 6.08 Å². The SMILES string of the molecule is N[C@H]1CN(c2c(Cl)cccc2/C=C2\SC(=O)NC2=O)C[C@@H]1O. The highest BCUT2D eigenvalue weighted by Gasteiger charge is 2.31. The second-order valence-electron chi connectivity index (χ2n) is 5.17. The van der Waals surface area contributed by atoms with Crippen LogP contribution in [0.15, 0.2) is 23.1 Å². The van der Waals surface area contributed by atoms with Crippen molar-refractivity contribution in [2.45, 2.75) is 12.1 Å². The number of imide groups is 1. The third-order valence-corrected chi connectivity index (χ3v) is 4.71. The number of rotatable bonds is 2. The van der Waals surface area contributed by atoms with Crippen LogP contribution >= 0.6 is 23.4 Å². The molecule has 2 amide bonds. The highest BCUT2D eigenvalue weighted by molar-refractivity contribution is 8.18. The smallest absolute Gasteiger partial charge is 0.290 e. The van der Waals surface area contributed by atoms with Gasteiger partial charge in [0, 0.05) is 24.7 Å². The van der Waals surface area contributed by atoms with E-state index < -0.39 is 17.3 Å². The molecule has 0 spiro atoms. The van der Waals surface area contributed by atoms with Crippen molar-refractivity contribution < 1.29 is 14.7 Å². The maximum atomic E-state index is 11.7. The van der Waals surface area contributed by atoms with Crippen molar-refractivity contribution >= 4 is 46.3 Å². The summed E-state index contributed by atoms with van der Waals surface area (Å²) in [6.07, 6.45) is 1.00. The van der Waals surface area contributed by atoms with Gasteiger partial charge in [0.05, 0.1) is 21.7 Å². The molecule has 2 heterocycles. The molecule has 3 rings (SSSR count). The predicted octanol–water partition coefficient (Wildman–Crippen LogP) is 1.17. The molecule has 116 valence electrons. The van der Waals surface area contributed by atoms with Crippen LogP contribution in [0.4, 0.5) is 10.5 Å². The van der Waals surface area contributed by atoms with E-state index in [9.17, 15) is 14.7 Å². The van der Waals surface area contributed by atoms with Gasteiger partial charge in [-0.2, -0.15) is 0 Å².